The van der Waals surface area contributed by atoms with Crippen LogP contribution in [0.4, 0.5) is 11.5 Å². The fourth-order valence-electron chi connectivity index (χ4n) is 2.68. The van der Waals surface area contributed by atoms with Gasteiger partial charge in [0.15, 0.2) is 5.82 Å². The lowest BCUT2D eigenvalue weighted by atomic mass is 10.1. The number of hydrogen-bond donors (Lipinski definition) is 0. The molecule has 3 rings (SSSR count). The van der Waals surface area contributed by atoms with Crippen LogP contribution in [0.25, 0.3) is 0 Å². The molecule has 1 amide bonds. The Morgan fingerprint density at radius 2 is 2.05 bits per heavy atom. The normalized spacial score (nSPS) is 15.5. The third-order valence-corrected chi connectivity index (χ3v) is 3.79. The Labute approximate surface area is 130 Å². The molecule has 0 atom stereocenters. The van der Waals surface area contributed by atoms with Crippen molar-refractivity contribution in [3.05, 3.63) is 53.2 Å². The number of carbonyl (C=O) groups excluding carboxylic acids is 1. The lowest BCUT2D eigenvalue weighted by molar-refractivity contribution is -0.112. The second kappa shape index (κ2) is 5.72. The molecule has 2 heterocycles. The number of rotatable bonds is 3. The molecule has 4 nitrogen and oxygen atoms in total. The third kappa shape index (κ3) is 2.41. The minimum atomic E-state index is -0.0347. The Morgan fingerprint density at radius 3 is 2.77 bits per heavy atom. The number of carbonyl (C=O) groups is 1. The Kier molecular flexibility index (Phi) is 3.75. The van der Waals surface area contributed by atoms with Crippen molar-refractivity contribution in [3.8, 4) is 0 Å². The number of aryl methyl sites for hydroxylation is 2. The van der Waals surface area contributed by atoms with E-state index in [1.165, 1.54) is 0 Å². The molecule has 0 bridgehead atoms. The highest BCUT2D eigenvalue weighted by atomic mass is 16.2. The number of fused-ring (bicyclic) bond motifs is 1. The summed E-state index contributed by atoms with van der Waals surface area (Å²) in [6.45, 7) is 6.75. The maximum absolute atomic E-state index is 12.7. The average Bonchev–Trinajstić information content (AvgIpc) is 2.75. The van der Waals surface area contributed by atoms with E-state index in [1.54, 1.807) is 6.20 Å². The lowest BCUT2D eigenvalue weighted by Crippen LogP contribution is -2.30. The zero-order valence-corrected chi connectivity index (χ0v) is 13.1. The Hall–Kier alpha value is -2.49. The first-order chi connectivity index (χ1) is 10.6. The highest BCUT2D eigenvalue weighted by Crippen LogP contribution is 2.31. The number of hydrogen-bond acceptors (Lipinski definition) is 3. The van der Waals surface area contributed by atoms with Crippen molar-refractivity contribution in [1.82, 2.24) is 4.98 Å². The van der Waals surface area contributed by atoms with Crippen molar-refractivity contribution in [2.75, 3.05) is 11.4 Å². The molecule has 2 aromatic rings. The van der Waals surface area contributed by atoms with Crippen LogP contribution in [-0.2, 0) is 4.79 Å². The molecule has 0 radical (unpaired) electrons. The molecule has 1 aliphatic heterocycles. The second-order valence-electron chi connectivity index (χ2n) is 5.58. The molecular formula is C18H19N3O. The van der Waals surface area contributed by atoms with E-state index in [-0.39, 0.29) is 5.91 Å². The summed E-state index contributed by atoms with van der Waals surface area (Å²) in [4.78, 5) is 23.4. The minimum Gasteiger partial charge on any atom is -0.306 e. The molecule has 0 aliphatic carbocycles. The predicted molar refractivity (Wildman–Crippen MR) is 89.0 cm³/mol. The average molecular weight is 293 g/mol. The van der Waals surface area contributed by atoms with E-state index in [0.717, 1.165) is 28.8 Å². The molecule has 112 valence electrons. The quantitative estimate of drug-likeness (QED) is 0.868. The minimum absolute atomic E-state index is 0.0347. The molecule has 4 heteroatoms. The SMILES string of the molecule is CCCN1C(=O)/C(=N\c2ncccc2C)c2cc(C)ccc21. The van der Waals surface area contributed by atoms with E-state index >= 15 is 0 Å². The van der Waals surface area contributed by atoms with Crippen LogP contribution < -0.4 is 4.90 Å². The molecule has 0 fully saturated rings. The van der Waals surface area contributed by atoms with Gasteiger partial charge in [-0.2, -0.15) is 0 Å². The summed E-state index contributed by atoms with van der Waals surface area (Å²) in [5, 5.41) is 0. The summed E-state index contributed by atoms with van der Waals surface area (Å²) in [5.41, 5.74) is 4.43. The summed E-state index contributed by atoms with van der Waals surface area (Å²) in [6, 6.07) is 9.89. The standard InChI is InChI=1S/C18H19N3O/c1-4-10-21-15-8-7-12(2)11-14(15)16(18(21)22)20-17-13(3)6-5-9-19-17/h5-9,11H,4,10H2,1-3H3/b20-16-. The topological polar surface area (TPSA) is 45.6 Å². The highest BCUT2D eigenvalue weighted by Gasteiger charge is 2.33. The van der Waals surface area contributed by atoms with Gasteiger partial charge in [0, 0.05) is 18.3 Å². The first kappa shape index (κ1) is 14.4. The Balaban J connectivity index is 2.15. The second-order valence-corrected chi connectivity index (χ2v) is 5.58. The monoisotopic (exact) mass is 293 g/mol. The van der Waals surface area contributed by atoms with Crippen molar-refractivity contribution >= 4 is 23.1 Å². The van der Waals surface area contributed by atoms with Gasteiger partial charge in [-0.15, -0.1) is 0 Å². The summed E-state index contributed by atoms with van der Waals surface area (Å²) in [5.74, 6) is 0.573. The van der Waals surface area contributed by atoms with Crippen LogP contribution in [0, 0.1) is 13.8 Å². The highest BCUT2D eigenvalue weighted by molar-refractivity contribution is 6.54. The predicted octanol–water partition coefficient (Wildman–Crippen LogP) is 3.58. The number of benzene rings is 1. The van der Waals surface area contributed by atoms with Gasteiger partial charge in [0.2, 0.25) is 0 Å². The van der Waals surface area contributed by atoms with Crippen LogP contribution in [0.1, 0.15) is 30.0 Å². The van der Waals surface area contributed by atoms with E-state index < -0.39 is 0 Å². The summed E-state index contributed by atoms with van der Waals surface area (Å²) in [6.07, 6.45) is 2.61. The zero-order valence-electron chi connectivity index (χ0n) is 13.1. The van der Waals surface area contributed by atoms with Gasteiger partial charge < -0.3 is 4.90 Å². The van der Waals surface area contributed by atoms with Gasteiger partial charge >= 0.3 is 0 Å². The molecule has 1 aliphatic rings. The maximum atomic E-state index is 12.7. The van der Waals surface area contributed by atoms with Gasteiger partial charge in [-0.05, 0) is 44.0 Å². The van der Waals surface area contributed by atoms with Crippen LogP contribution in [0.5, 0.6) is 0 Å². The van der Waals surface area contributed by atoms with Crippen molar-refractivity contribution < 1.29 is 4.79 Å². The molecule has 22 heavy (non-hydrogen) atoms. The number of aliphatic imine (C=N–C) groups is 1. The Bertz CT molecular complexity index is 765. The molecule has 0 N–H and O–H groups in total. The summed E-state index contributed by atoms with van der Waals surface area (Å²) < 4.78 is 0. The summed E-state index contributed by atoms with van der Waals surface area (Å²) in [7, 11) is 0. The van der Waals surface area contributed by atoms with Crippen molar-refractivity contribution in [2.45, 2.75) is 27.2 Å². The van der Waals surface area contributed by atoms with Crippen molar-refractivity contribution in [3.63, 3.8) is 0 Å². The molecule has 0 spiro atoms. The van der Waals surface area contributed by atoms with Gasteiger partial charge in [-0.25, -0.2) is 9.98 Å². The van der Waals surface area contributed by atoms with Gasteiger partial charge in [0.05, 0.1) is 5.69 Å². The molecule has 1 aromatic carbocycles. The fourth-order valence-corrected chi connectivity index (χ4v) is 2.68. The van der Waals surface area contributed by atoms with E-state index in [4.69, 9.17) is 0 Å². The van der Waals surface area contributed by atoms with E-state index in [0.29, 0.717) is 18.1 Å². The number of amides is 1. The first-order valence-corrected chi connectivity index (χ1v) is 7.55. The Morgan fingerprint density at radius 1 is 1.23 bits per heavy atom. The lowest BCUT2D eigenvalue weighted by Gasteiger charge is -2.15. The van der Waals surface area contributed by atoms with Gasteiger partial charge in [0.1, 0.15) is 5.71 Å². The third-order valence-electron chi connectivity index (χ3n) is 3.79. The van der Waals surface area contributed by atoms with E-state index in [9.17, 15) is 4.79 Å². The molecule has 0 saturated heterocycles. The van der Waals surface area contributed by atoms with Crippen LogP contribution in [0.3, 0.4) is 0 Å². The van der Waals surface area contributed by atoms with Gasteiger partial charge in [0.25, 0.3) is 5.91 Å². The molecule has 0 saturated carbocycles. The number of pyridine rings is 1. The van der Waals surface area contributed by atoms with Crippen LogP contribution in [0.2, 0.25) is 0 Å². The van der Waals surface area contributed by atoms with Crippen molar-refractivity contribution in [2.24, 2.45) is 4.99 Å². The number of nitrogens with zero attached hydrogens (tertiary/aromatic N) is 3. The van der Waals surface area contributed by atoms with Crippen LogP contribution in [-0.4, -0.2) is 23.1 Å². The largest absolute Gasteiger partial charge is 0.306 e. The van der Waals surface area contributed by atoms with Crippen LogP contribution >= 0.6 is 0 Å². The van der Waals surface area contributed by atoms with Crippen molar-refractivity contribution in [1.29, 1.82) is 0 Å². The maximum Gasteiger partial charge on any atom is 0.277 e. The van der Waals surface area contributed by atoms with E-state index in [1.807, 2.05) is 49.1 Å². The number of aromatic nitrogens is 1. The fraction of sp³-hybridized carbons (Fsp3) is 0.278. The van der Waals surface area contributed by atoms with Crippen LogP contribution in [0.15, 0.2) is 41.5 Å². The molecular weight excluding hydrogens is 274 g/mol. The van der Waals surface area contributed by atoms with Gasteiger partial charge in [-0.1, -0.05) is 24.6 Å². The smallest absolute Gasteiger partial charge is 0.277 e. The van der Waals surface area contributed by atoms with E-state index in [2.05, 4.69) is 16.9 Å². The number of anilines is 1. The molecule has 0 unspecified atom stereocenters. The molecule has 1 aromatic heterocycles. The zero-order chi connectivity index (χ0) is 15.7. The van der Waals surface area contributed by atoms with Gasteiger partial charge in [-0.3, -0.25) is 4.79 Å². The summed E-state index contributed by atoms with van der Waals surface area (Å²) >= 11 is 0. The first-order valence-electron chi connectivity index (χ1n) is 7.55.